The van der Waals surface area contributed by atoms with E-state index in [0.717, 1.165) is 24.1 Å². The molecule has 2 aromatic heterocycles. The minimum atomic E-state index is -1.04. The number of carbonyl (C=O) groups is 1. The van der Waals surface area contributed by atoms with Gasteiger partial charge in [-0.25, -0.2) is 14.5 Å². The van der Waals surface area contributed by atoms with Crippen molar-refractivity contribution < 1.29 is 9.90 Å². The first-order valence-corrected chi connectivity index (χ1v) is 8.12. The second-order valence-electron chi connectivity index (χ2n) is 7.68. The third-order valence-electron chi connectivity index (χ3n) is 6.28. The van der Waals surface area contributed by atoms with E-state index in [1.807, 2.05) is 0 Å². The molecule has 0 spiro atoms. The third kappa shape index (κ3) is 1.62. The number of nitrogens with one attached hydrogen (secondary N) is 1. The van der Waals surface area contributed by atoms with Gasteiger partial charge in [0, 0.05) is 22.7 Å². The van der Waals surface area contributed by atoms with Crippen molar-refractivity contribution in [1.82, 2.24) is 19.7 Å². The summed E-state index contributed by atoms with van der Waals surface area (Å²) in [6.45, 7) is 8.27. The van der Waals surface area contributed by atoms with Crippen LogP contribution in [0.15, 0.2) is 10.9 Å². The predicted molar refractivity (Wildman–Crippen MR) is 86.8 cm³/mol. The van der Waals surface area contributed by atoms with Crippen molar-refractivity contribution in [3.8, 4) is 5.95 Å². The van der Waals surface area contributed by atoms with Crippen LogP contribution in [0.2, 0.25) is 0 Å². The average molecular weight is 328 g/mol. The highest BCUT2D eigenvalue weighted by Gasteiger charge is 2.63. The van der Waals surface area contributed by atoms with Gasteiger partial charge in [-0.1, -0.05) is 20.8 Å². The fourth-order valence-electron chi connectivity index (χ4n) is 4.70. The van der Waals surface area contributed by atoms with E-state index in [4.69, 9.17) is 0 Å². The van der Waals surface area contributed by atoms with Crippen LogP contribution < -0.4 is 5.56 Å². The van der Waals surface area contributed by atoms with Crippen LogP contribution in [0.1, 0.15) is 67.0 Å². The second-order valence-corrected chi connectivity index (χ2v) is 7.68. The Morgan fingerprint density at radius 1 is 1.42 bits per heavy atom. The lowest BCUT2D eigenvalue weighted by Crippen LogP contribution is -2.34. The van der Waals surface area contributed by atoms with E-state index < -0.39 is 5.97 Å². The molecule has 2 aliphatic rings. The summed E-state index contributed by atoms with van der Waals surface area (Å²) in [6, 6.07) is 1.41. The molecule has 0 aromatic carbocycles. The highest BCUT2D eigenvalue weighted by molar-refractivity contribution is 5.88. The average Bonchev–Trinajstić information content (AvgIpc) is 3.01. The number of rotatable bonds is 2. The number of H-pyrrole nitrogens is 1. The number of hydrogen-bond acceptors (Lipinski definition) is 4. The van der Waals surface area contributed by atoms with Gasteiger partial charge in [-0.3, -0.25) is 9.78 Å². The normalized spacial score (nSPS) is 26.6. The molecule has 7 nitrogen and oxygen atoms in total. The first kappa shape index (κ1) is 15.1. The molecular formula is C17H20N4O3. The van der Waals surface area contributed by atoms with Gasteiger partial charge in [0.2, 0.25) is 5.95 Å². The van der Waals surface area contributed by atoms with Crippen LogP contribution in [-0.2, 0) is 5.41 Å². The number of nitrogens with zero attached hydrogens (tertiary/aromatic N) is 3. The summed E-state index contributed by atoms with van der Waals surface area (Å²) < 4.78 is 1.55. The van der Waals surface area contributed by atoms with Crippen molar-refractivity contribution in [2.75, 3.05) is 0 Å². The molecule has 0 aliphatic heterocycles. The molecular weight excluding hydrogens is 308 g/mol. The van der Waals surface area contributed by atoms with Crippen LogP contribution >= 0.6 is 0 Å². The van der Waals surface area contributed by atoms with E-state index in [1.54, 1.807) is 11.6 Å². The maximum atomic E-state index is 11.8. The van der Waals surface area contributed by atoms with Crippen LogP contribution in [0.25, 0.3) is 5.95 Å². The van der Waals surface area contributed by atoms with Gasteiger partial charge < -0.3 is 5.11 Å². The smallest absolute Gasteiger partial charge is 0.356 e. The Kier molecular flexibility index (Phi) is 2.73. The van der Waals surface area contributed by atoms with Crippen molar-refractivity contribution in [2.24, 2.45) is 5.41 Å². The predicted octanol–water partition coefficient (Wildman–Crippen LogP) is 2.14. The van der Waals surface area contributed by atoms with E-state index in [2.05, 4.69) is 35.8 Å². The summed E-state index contributed by atoms with van der Waals surface area (Å²) in [5.41, 5.74) is 1.82. The summed E-state index contributed by atoms with van der Waals surface area (Å²) >= 11 is 0. The largest absolute Gasteiger partial charge is 0.476 e. The minimum Gasteiger partial charge on any atom is -0.476 e. The second kappa shape index (κ2) is 4.34. The number of aromatic nitrogens is 4. The zero-order valence-electron chi connectivity index (χ0n) is 14.2. The molecule has 2 N–H and O–H groups in total. The Bertz CT molecular complexity index is 940. The number of aromatic carboxylic acids is 1. The number of aryl methyl sites for hydroxylation is 1. The standard InChI is InChI=1S/C17H20N4O3/c1-8-7-10(22)19-15(18-8)21-13-11(12(20-21)14(23)24)9-5-6-17(13,4)16(9,2)3/h7,9H,5-6H2,1-4H3,(H,23,24)(H,18,19,22). The number of fused-ring (bicyclic) bond motifs is 5. The topological polar surface area (TPSA) is 101 Å². The molecule has 2 unspecified atom stereocenters. The number of aromatic amines is 1. The lowest BCUT2D eigenvalue weighted by molar-refractivity contribution is 0.0687. The molecule has 2 aromatic rings. The van der Waals surface area contributed by atoms with Crippen molar-refractivity contribution in [3.63, 3.8) is 0 Å². The van der Waals surface area contributed by atoms with Crippen LogP contribution in [0.4, 0.5) is 0 Å². The van der Waals surface area contributed by atoms with Crippen LogP contribution in [0.5, 0.6) is 0 Å². The molecule has 24 heavy (non-hydrogen) atoms. The van der Waals surface area contributed by atoms with Crippen LogP contribution in [-0.4, -0.2) is 30.8 Å². The highest BCUT2D eigenvalue weighted by atomic mass is 16.4. The third-order valence-corrected chi connectivity index (χ3v) is 6.28. The Morgan fingerprint density at radius 3 is 2.75 bits per heavy atom. The van der Waals surface area contributed by atoms with Gasteiger partial charge >= 0.3 is 5.97 Å². The number of hydrogen-bond donors (Lipinski definition) is 2. The first-order valence-electron chi connectivity index (χ1n) is 8.12. The summed E-state index contributed by atoms with van der Waals surface area (Å²) in [6.07, 6.45) is 1.93. The maximum Gasteiger partial charge on any atom is 0.356 e. The monoisotopic (exact) mass is 328 g/mol. The van der Waals surface area contributed by atoms with Crippen molar-refractivity contribution in [1.29, 1.82) is 0 Å². The summed E-state index contributed by atoms with van der Waals surface area (Å²) in [4.78, 5) is 30.7. The van der Waals surface area contributed by atoms with Gasteiger partial charge in [0.05, 0.1) is 5.69 Å². The molecule has 0 saturated heterocycles. The van der Waals surface area contributed by atoms with E-state index in [-0.39, 0.29) is 33.9 Å². The summed E-state index contributed by atoms with van der Waals surface area (Å²) in [5.74, 6) is -0.589. The molecule has 2 heterocycles. The van der Waals surface area contributed by atoms with Crippen molar-refractivity contribution in [3.05, 3.63) is 39.1 Å². The van der Waals surface area contributed by atoms with E-state index in [0.29, 0.717) is 5.69 Å². The fourth-order valence-corrected chi connectivity index (χ4v) is 4.70. The lowest BCUT2D eigenvalue weighted by Gasteiger charge is -2.35. The zero-order chi connectivity index (χ0) is 17.4. The SMILES string of the molecule is Cc1cc(=O)[nH]c(-n2nc(C(=O)O)c3c2C2(C)CCC3C2(C)C)n1. The molecule has 0 radical (unpaired) electrons. The Morgan fingerprint density at radius 2 is 2.12 bits per heavy atom. The molecule has 7 heteroatoms. The van der Waals surface area contributed by atoms with Gasteiger partial charge in [-0.2, -0.15) is 5.10 Å². The number of carboxylic acid groups (broad SMARTS) is 1. The Labute approximate surface area is 138 Å². The van der Waals surface area contributed by atoms with Gasteiger partial charge in [0.1, 0.15) is 0 Å². The molecule has 0 amide bonds. The molecule has 1 fully saturated rings. The van der Waals surface area contributed by atoms with Crippen LogP contribution in [0, 0.1) is 12.3 Å². The van der Waals surface area contributed by atoms with Gasteiger partial charge in [0.25, 0.3) is 5.56 Å². The van der Waals surface area contributed by atoms with Gasteiger partial charge in [-0.15, -0.1) is 0 Å². The zero-order valence-corrected chi connectivity index (χ0v) is 14.2. The fraction of sp³-hybridized carbons (Fsp3) is 0.529. The maximum absolute atomic E-state index is 11.8. The molecule has 1 saturated carbocycles. The highest BCUT2D eigenvalue weighted by Crippen LogP contribution is 2.68. The van der Waals surface area contributed by atoms with Crippen molar-refractivity contribution >= 4 is 5.97 Å². The van der Waals surface area contributed by atoms with E-state index >= 15 is 0 Å². The Hall–Kier alpha value is -2.44. The Balaban J connectivity index is 2.07. The quantitative estimate of drug-likeness (QED) is 0.879. The summed E-state index contributed by atoms with van der Waals surface area (Å²) in [5, 5.41) is 14.0. The lowest BCUT2D eigenvalue weighted by atomic mass is 9.70. The van der Waals surface area contributed by atoms with Crippen LogP contribution in [0.3, 0.4) is 0 Å². The first-order chi connectivity index (χ1) is 11.2. The summed E-state index contributed by atoms with van der Waals surface area (Å²) in [7, 11) is 0. The molecule has 2 atom stereocenters. The molecule has 2 aliphatic carbocycles. The minimum absolute atomic E-state index is 0.0589. The molecule has 4 rings (SSSR count). The van der Waals surface area contributed by atoms with E-state index in [1.165, 1.54) is 6.07 Å². The van der Waals surface area contributed by atoms with E-state index in [9.17, 15) is 14.7 Å². The van der Waals surface area contributed by atoms with Gasteiger partial charge in [-0.05, 0) is 31.1 Å². The molecule has 126 valence electrons. The van der Waals surface area contributed by atoms with Crippen molar-refractivity contribution in [2.45, 2.75) is 51.9 Å². The molecule has 2 bridgehead atoms. The number of carboxylic acids is 1. The van der Waals surface area contributed by atoms with Gasteiger partial charge in [0.15, 0.2) is 5.69 Å².